The molecular weight excluding hydrogens is 299 g/mol. The number of aromatic nitrogens is 3. The van der Waals surface area contributed by atoms with Crippen molar-refractivity contribution in [3.8, 4) is 5.88 Å². The zero-order chi connectivity index (χ0) is 16.2. The van der Waals surface area contributed by atoms with Crippen LogP contribution in [0, 0.1) is 5.82 Å². The van der Waals surface area contributed by atoms with E-state index in [9.17, 15) is 9.18 Å². The molecule has 0 spiro atoms. The molecule has 3 rings (SSSR count). The van der Waals surface area contributed by atoms with Crippen molar-refractivity contribution in [1.82, 2.24) is 19.4 Å². The number of likely N-dealkylation sites (tertiary alicyclic amines) is 1. The molecule has 0 radical (unpaired) electrons. The maximum absolute atomic E-state index is 14.1. The number of ether oxygens (including phenoxy) is 1. The summed E-state index contributed by atoms with van der Waals surface area (Å²) in [5.41, 5.74) is 0.341. The van der Waals surface area contributed by atoms with E-state index in [1.54, 1.807) is 4.90 Å². The van der Waals surface area contributed by atoms with Crippen molar-refractivity contribution in [3.63, 3.8) is 0 Å². The molecule has 2 aromatic rings. The highest BCUT2D eigenvalue weighted by atomic mass is 19.1. The molecule has 0 aromatic carbocycles. The van der Waals surface area contributed by atoms with Crippen molar-refractivity contribution in [2.45, 2.75) is 32.4 Å². The first-order chi connectivity index (χ1) is 11.2. The standard InChI is InChI=1S/C16H19FN4O2/c1-2-13-15(17)16(19-11-18-13)23-12-5-8-21(9-12)14(22)10-20-6-3-4-7-20/h3-4,6-7,11-12H,2,5,8-10H2,1H3. The van der Waals surface area contributed by atoms with E-state index in [1.165, 1.54) is 6.33 Å². The lowest BCUT2D eigenvalue weighted by molar-refractivity contribution is -0.131. The molecule has 1 unspecified atom stereocenters. The van der Waals surface area contributed by atoms with Crippen LogP contribution < -0.4 is 4.74 Å². The monoisotopic (exact) mass is 318 g/mol. The van der Waals surface area contributed by atoms with Crippen LogP contribution in [0.3, 0.4) is 0 Å². The summed E-state index contributed by atoms with van der Waals surface area (Å²) < 4.78 is 21.6. The Labute approximate surface area is 133 Å². The first kappa shape index (κ1) is 15.5. The molecule has 1 aliphatic heterocycles. The number of halogens is 1. The summed E-state index contributed by atoms with van der Waals surface area (Å²) in [6.45, 7) is 3.19. The summed E-state index contributed by atoms with van der Waals surface area (Å²) >= 11 is 0. The molecule has 1 aliphatic rings. The lowest BCUT2D eigenvalue weighted by atomic mass is 10.3. The Balaban J connectivity index is 1.59. The SMILES string of the molecule is CCc1ncnc(OC2CCN(C(=O)Cn3cccc3)C2)c1F. The molecule has 7 heteroatoms. The van der Waals surface area contributed by atoms with Gasteiger partial charge in [0.05, 0.1) is 12.2 Å². The summed E-state index contributed by atoms with van der Waals surface area (Å²) in [5.74, 6) is -0.501. The summed E-state index contributed by atoms with van der Waals surface area (Å²) in [5, 5.41) is 0. The minimum Gasteiger partial charge on any atom is -0.470 e. The van der Waals surface area contributed by atoms with Gasteiger partial charge >= 0.3 is 0 Å². The smallest absolute Gasteiger partial charge is 0.254 e. The number of rotatable bonds is 5. The molecule has 122 valence electrons. The number of hydrogen-bond acceptors (Lipinski definition) is 4. The van der Waals surface area contributed by atoms with Crippen LogP contribution in [-0.4, -0.2) is 44.5 Å². The molecule has 1 atom stereocenters. The summed E-state index contributed by atoms with van der Waals surface area (Å²) in [7, 11) is 0. The van der Waals surface area contributed by atoms with Crippen molar-refractivity contribution in [1.29, 1.82) is 0 Å². The largest absolute Gasteiger partial charge is 0.470 e. The fourth-order valence-electron chi connectivity index (χ4n) is 2.66. The Kier molecular flexibility index (Phi) is 4.55. The summed E-state index contributed by atoms with van der Waals surface area (Å²) in [6, 6.07) is 3.76. The van der Waals surface area contributed by atoms with Crippen molar-refractivity contribution in [2.24, 2.45) is 0 Å². The Morgan fingerprint density at radius 3 is 2.91 bits per heavy atom. The second-order valence-electron chi connectivity index (χ2n) is 5.52. The Morgan fingerprint density at radius 2 is 2.17 bits per heavy atom. The van der Waals surface area contributed by atoms with Gasteiger partial charge in [0.2, 0.25) is 11.7 Å². The molecular formula is C16H19FN4O2. The van der Waals surface area contributed by atoms with Crippen molar-refractivity contribution in [2.75, 3.05) is 13.1 Å². The lowest BCUT2D eigenvalue weighted by Crippen LogP contribution is -2.33. The first-order valence-corrected chi connectivity index (χ1v) is 7.72. The number of carbonyl (C=O) groups excluding carboxylic acids is 1. The lowest BCUT2D eigenvalue weighted by Gasteiger charge is -2.17. The van der Waals surface area contributed by atoms with Gasteiger partial charge < -0.3 is 14.2 Å². The second kappa shape index (κ2) is 6.76. The fourth-order valence-corrected chi connectivity index (χ4v) is 2.66. The van der Waals surface area contributed by atoms with Gasteiger partial charge in [-0.15, -0.1) is 0 Å². The van der Waals surface area contributed by atoms with E-state index in [2.05, 4.69) is 9.97 Å². The molecule has 2 aromatic heterocycles. The van der Waals surface area contributed by atoms with E-state index in [-0.39, 0.29) is 17.9 Å². The number of aryl methyl sites for hydroxylation is 1. The zero-order valence-corrected chi connectivity index (χ0v) is 13.0. The van der Waals surface area contributed by atoms with Gasteiger partial charge in [0.25, 0.3) is 5.88 Å². The van der Waals surface area contributed by atoms with E-state index >= 15 is 0 Å². The highest BCUT2D eigenvalue weighted by Crippen LogP contribution is 2.21. The third kappa shape index (κ3) is 3.49. The zero-order valence-electron chi connectivity index (χ0n) is 13.0. The summed E-state index contributed by atoms with van der Waals surface area (Å²) in [4.78, 5) is 21.7. The van der Waals surface area contributed by atoms with Crippen LogP contribution in [0.1, 0.15) is 19.0 Å². The molecule has 1 amide bonds. The number of carbonyl (C=O) groups is 1. The predicted octanol–water partition coefficient (Wildman–Crippen LogP) is 1.66. The van der Waals surface area contributed by atoms with Gasteiger partial charge in [-0.05, 0) is 18.6 Å². The van der Waals surface area contributed by atoms with Gasteiger partial charge in [-0.3, -0.25) is 4.79 Å². The van der Waals surface area contributed by atoms with Crippen LogP contribution in [0.25, 0.3) is 0 Å². The third-order valence-electron chi connectivity index (χ3n) is 3.92. The van der Waals surface area contributed by atoms with Gasteiger partial charge in [0.1, 0.15) is 19.0 Å². The quantitative estimate of drug-likeness (QED) is 0.841. The maximum atomic E-state index is 14.1. The van der Waals surface area contributed by atoms with E-state index in [0.717, 1.165) is 0 Å². The minimum atomic E-state index is -0.507. The molecule has 1 fully saturated rings. The molecule has 23 heavy (non-hydrogen) atoms. The van der Waals surface area contributed by atoms with Gasteiger partial charge in [-0.25, -0.2) is 4.98 Å². The average molecular weight is 318 g/mol. The minimum absolute atomic E-state index is 0.0263. The van der Waals surface area contributed by atoms with Crippen LogP contribution in [0.15, 0.2) is 30.9 Å². The van der Waals surface area contributed by atoms with Crippen molar-refractivity contribution < 1.29 is 13.9 Å². The Morgan fingerprint density at radius 1 is 1.39 bits per heavy atom. The first-order valence-electron chi connectivity index (χ1n) is 7.72. The number of nitrogens with zero attached hydrogens (tertiary/aromatic N) is 4. The highest BCUT2D eigenvalue weighted by molar-refractivity contribution is 5.76. The Bertz CT molecular complexity index is 675. The van der Waals surface area contributed by atoms with Crippen LogP contribution in [0.5, 0.6) is 5.88 Å². The third-order valence-corrected chi connectivity index (χ3v) is 3.92. The van der Waals surface area contributed by atoms with E-state index in [4.69, 9.17) is 4.74 Å². The van der Waals surface area contributed by atoms with Gasteiger partial charge in [-0.2, -0.15) is 9.37 Å². The molecule has 6 nitrogen and oxygen atoms in total. The number of amides is 1. The molecule has 0 N–H and O–H groups in total. The van der Waals surface area contributed by atoms with Gasteiger partial charge in [0.15, 0.2) is 0 Å². The van der Waals surface area contributed by atoms with Crippen LogP contribution >= 0.6 is 0 Å². The van der Waals surface area contributed by atoms with E-state index in [1.807, 2.05) is 36.0 Å². The maximum Gasteiger partial charge on any atom is 0.254 e. The average Bonchev–Trinajstić information content (AvgIpc) is 3.21. The predicted molar refractivity (Wildman–Crippen MR) is 81.4 cm³/mol. The Hall–Kier alpha value is -2.44. The van der Waals surface area contributed by atoms with Crippen LogP contribution in [-0.2, 0) is 17.8 Å². The summed E-state index contributed by atoms with van der Waals surface area (Å²) in [6.07, 6.45) is 5.92. The molecule has 3 heterocycles. The van der Waals surface area contributed by atoms with E-state index in [0.29, 0.717) is 38.2 Å². The van der Waals surface area contributed by atoms with Crippen molar-refractivity contribution in [3.05, 3.63) is 42.4 Å². The normalized spacial score (nSPS) is 17.5. The van der Waals surface area contributed by atoms with Crippen LogP contribution in [0.2, 0.25) is 0 Å². The van der Waals surface area contributed by atoms with E-state index < -0.39 is 5.82 Å². The molecule has 0 saturated carbocycles. The van der Waals surface area contributed by atoms with Crippen LogP contribution in [0.4, 0.5) is 4.39 Å². The van der Waals surface area contributed by atoms with Crippen molar-refractivity contribution >= 4 is 5.91 Å². The highest BCUT2D eigenvalue weighted by Gasteiger charge is 2.28. The molecule has 1 saturated heterocycles. The topological polar surface area (TPSA) is 60.3 Å². The van der Waals surface area contributed by atoms with Gasteiger partial charge in [0, 0.05) is 25.4 Å². The number of hydrogen-bond donors (Lipinski definition) is 0. The molecule has 0 bridgehead atoms. The fraction of sp³-hybridized carbons (Fsp3) is 0.438. The van der Waals surface area contributed by atoms with Gasteiger partial charge in [-0.1, -0.05) is 6.92 Å². The second-order valence-corrected chi connectivity index (χ2v) is 5.52. The molecule has 0 aliphatic carbocycles.